The molecule has 5 nitrogen and oxygen atoms in total. The summed E-state index contributed by atoms with van der Waals surface area (Å²) in [6.07, 6.45) is 1.47. The van der Waals surface area contributed by atoms with E-state index in [1.54, 1.807) is 0 Å². The summed E-state index contributed by atoms with van der Waals surface area (Å²) in [7, 11) is 0. The van der Waals surface area contributed by atoms with E-state index in [4.69, 9.17) is 4.74 Å². The average Bonchev–Trinajstić information content (AvgIpc) is 2.67. The second-order valence-electron chi connectivity index (χ2n) is 4.15. The SMILES string of the molecule is CC1CCNC(=O)N(C2CCOC2)C1=O. The van der Waals surface area contributed by atoms with Crippen LogP contribution in [0.1, 0.15) is 19.8 Å². The molecule has 2 aliphatic heterocycles. The van der Waals surface area contributed by atoms with Gasteiger partial charge >= 0.3 is 6.03 Å². The first kappa shape index (κ1) is 10.4. The van der Waals surface area contributed by atoms with E-state index in [1.165, 1.54) is 4.90 Å². The summed E-state index contributed by atoms with van der Waals surface area (Å²) in [5.41, 5.74) is 0. The lowest BCUT2D eigenvalue weighted by molar-refractivity contribution is -0.133. The van der Waals surface area contributed by atoms with Crippen LogP contribution in [0.4, 0.5) is 4.79 Å². The Morgan fingerprint density at radius 2 is 2.20 bits per heavy atom. The van der Waals surface area contributed by atoms with Gasteiger partial charge in [0.15, 0.2) is 0 Å². The maximum absolute atomic E-state index is 12.0. The topological polar surface area (TPSA) is 58.6 Å². The Morgan fingerprint density at radius 1 is 1.40 bits per heavy atom. The zero-order chi connectivity index (χ0) is 10.8. The van der Waals surface area contributed by atoms with E-state index >= 15 is 0 Å². The number of carbonyl (C=O) groups excluding carboxylic acids is 2. The van der Waals surface area contributed by atoms with Crippen LogP contribution in [-0.2, 0) is 9.53 Å². The summed E-state index contributed by atoms with van der Waals surface area (Å²) in [6.45, 7) is 3.56. The molecule has 5 heteroatoms. The standard InChI is InChI=1S/C10H16N2O3/c1-7-2-4-11-10(14)12(9(7)13)8-3-5-15-6-8/h7-8H,2-6H2,1H3,(H,11,14). The molecular weight excluding hydrogens is 196 g/mol. The minimum absolute atomic E-state index is 0.0690. The fourth-order valence-electron chi connectivity index (χ4n) is 2.01. The van der Waals surface area contributed by atoms with Gasteiger partial charge in [-0.3, -0.25) is 9.69 Å². The quantitative estimate of drug-likeness (QED) is 0.682. The molecule has 2 aliphatic rings. The average molecular weight is 212 g/mol. The van der Waals surface area contributed by atoms with Crippen LogP contribution >= 0.6 is 0 Å². The summed E-state index contributed by atoms with van der Waals surface area (Å²) in [5, 5.41) is 2.74. The predicted octanol–water partition coefficient (Wildman–Crippen LogP) is 0.353. The Bertz CT molecular complexity index is 274. The normalized spacial score (nSPS) is 32.7. The number of hydrogen-bond acceptors (Lipinski definition) is 3. The third-order valence-electron chi connectivity index (χ3n) is 3.00. The lowest BCUT2D eigenvalue weighted by atomic mass is 10.1. The highest BCUT2D eigenvalue weighted by atomic mass is 16.5. The lowest BCUT2D eigenvalue weighted by Gasteiger charge is -2.25. The number of carbonyl (C=O) groups is 2. The molecule has 2 unspecified atom stereocenters. The smallest absolute Gasteiger partial charge is 0.324 e. The monoisotopic (exact) mass is 212 g/mol. The Hall–Kier alpha value is -1.10. The van der Waals surface area contributed by atoms with Crippen LogP contribution in [-0.4, -0.2) is 42.6 Å². The molecule has 2 heterocycles. The van der Waals surface area contributed by atoms with E-state index in [1.807, 2.05) is 6.92 Å². The number of ether oxygens (including phenoxy) is 1. The number of nitrogens with one attached hydrogen (secondary N) is 1. The Morgan fingerprint density at radius 3 is 2.87 bits per heavy atom. The number of imide groups is 1. The van der Waals surface area contributed by atoms with E-state index in [-0.39, 0.29) is 23.9 Å². The van der Waals surface area contributed by atoms with Gasteiger partial charge < -0.3 is 10.1 Å². The summed E-state index contributed by atoms with van der Waals surface area (Å²) in [6, 6.07) is -0.335. The van der Waals surface area contributed by atoms with Crippen molar-refractivity contribution in [3.8, 4) is 0 Å². The molecule has 2 fully saturated rings. The van der Waals surface area contributed by atoms with Gasteiger partial charge in [0.05, 0.1) is 12.6 Å². The van der Waals surface area contributed by atoms with Crippen molar-refractivity contribution >= 4 is 11.9 Å². The molecule has 2 rings (SSSR count). The van der Waals surface area contributed by atoms with E-state index < -0.39 is 0 Å². The van der Waals surface area contributed by atoms with Gasteiger partial charge in [0, 0.05) is 19.1 Å². The molecule has 1 N–H and O–H groups in total. The third kappa shape index (κ3) is 1.97. The zero-order valence-corrected chi connectivity index (χ0v) is 8.86. The minimum Gasteiger partial charge on any atom is -0.379 e. The van der Waals surface area contributed by atoms with Crippen molar-refractivity contribution in [1.29, 1.82) is 0 Å². The van der Waals surface area contributed by atoms with Gasteiger partial charge in [0.25, 0.3) is 0 Å². The molecule has 0 radical (unpaired) electrons. The van der Waals surface area contributed by atoms with Crippen molar-refractivity contribution < 1.29 is 14.3 Å². The summed E-state index contributed by atoms with van der Waals surface area (Å²) in [4.78, 5) is 25.0. The number of nitrogens with zero attached hydrogens (tertiary/aromatic N) is 1. The van der Waals surface area contributed by atoms with Crippen LogP contribution in [0.3, 0.4) is 0 Å². The molecule has 0 aliphatic carbocycles. The van der Waals surface area contributed by atoms with Crippen LogP contribution in [0.5, 0.6) is 0 Å². The molecule has 0 bridgehead atoms. The Balaban J connectivity index is 2.16. The molecule has 0 aromatic heterocycles. The van der Waals surface area contributed by atoms with Crippen LogP contribution in [0.15, 0.2) is 0 Å². The Labute approximate surface area is 88.8 Å². The van der Waals surface area contributed by atoms with E-state index in [0.29, 0.717) is 26.2 Å². The highest BCUT2D eigenvalue weighted by molar-refractivity contribution is 5.96. The summed E-state index contributed by atoms with van der Waals surface area (Å²) < 4.78 is 5.21. The van der Waals surface area contributed by atoms with Crippen molar-refractivity contribution in [2.75, 3.05) is 19.8 Å². The zero-order valence-electron chi connectivity index (χ0n) is 8.86. The highest BCUT2D eigenvalue weighted by Crippen LogP contribution is 2.18. The van der Waals surface area contributed by atoms with Gasteiger partial charge in [0.2, 0.25) is 5.91 Å². The van der Waals surface area contributed by atoms with Crippen LogP contribution in [0, 0.1) is 5.92 Å². The number of amides is 3. The molecule has 2 saturated heterocycles. The van der Waals surface area contributed by atoms with Crippen LogP contribution in [0.2, 0.25) is 0 Å². The molecule has 0 aromatic carbocycles. The van der Waals surface area contributed by atoms with E-state index in [2.05, 4.69) is 5.32 Å². The fourth-order valence-corrected chi connectivity index (χ4v) is 2.01. The second-order valence-corrected chi connectivity index (χ2v) is 4.15. The molecule has 15 heavy (non-hydrogen) atoms. The van der Waals surface area contributed by atoms with E-state index in [0.717, 1.165) is 6.42 Å². The van der Waals surface area contributed by atoms with Gasteiger partial charge in [-0.05, 0) is 12.8 Å². The minimum atomic E-state index is -0.264. The second kappa shape index (κ2) is 4.18. The van der Waals surface area contributed by atoms with E-state index in [9.17, 15) is 9.59 Å². The van der Waals surface area contributed by atoms with Crippen molar-refractivity contribution in [1.82, 2.24) is 10.2 Å². The van der Waals surface area contributed by atoms with Crippen molar-refractivity contribution in [3.05, 3.63) is 0 Å². The molecular formula is C10H16N2O3. The first-order valence-corrected chi connectivity index (χ1v) is 5.39. The van der Waals surface area contributed by atoms with Crippen LogP contribution in [0.25, 0.3) is 0 Å². The van der Waals surface area contributed by atoms with Gasteiger partial charge in [0.1, 0.15) is 0 Å². The molecule has 3 amide bonds. The molecule has 2 atom stereocenters. The summed E-state index contributed by atoms with van der Waals surface area (Å²) in [5.74, 6) is -0.148. The third-order valence-corrected chi connectivity index (χ3v) is 3.00. The lowest BCUT2D eigenvalue weighted by Crippen LogP contribution is -2.49. The first-order valence-electron chi connectivity index (χ1n) is 5.39. The van der Waals surface area contributed by atoms with Crippen molar-refractivity contribution in [2.45, 2.75) is 25.8 Å². The summed E-state index contributed by atoms with van der Waals surface area (Å²) >= 11 is 0. The maximum atomic E-state index is 12.0. The van der Waals surface area contributed by atoms with Crippen molar-refractivity contribution in [2.24, 2.45) is 5.92 Å². The molecule has 84 valence electrons. The predicted molar refractivity (Wildman–Crippen MR) is 53.2 cm³/mol. The van der Waals surface area contributed by atoms with Gasteiger partial charge in [-0.1, -0.05) is 6.92 Å². The highest BCUT2D eigenvalue weighted by Gasteiger charge is 2.36. The molecule has 0 aromatic rings. The number of hydrogen-bond donors (Lipinski definition) is 1. The van der Waals surface area contributed by atoms with Gasteiger partial charge in [-0.15, -0.1) is 0 Å². The van der Waals surface area contributed by atoms with Gasteiger partial charge in [-0.2, -0.15) is 0 Å². The molecule has 0 saturated carbocycles. The largest absolute Gasteiger partial charge is 0.379 e. The molecule has 0 spiro atoms. The fraction of sp³-hybridized carbons (Fsp3) is 0.800. The Kier molecular flexibility index (Phi) is 2.90. The number of urea groups is 1. The maximum Gasteiger partial charge on any atom is 0.324 e. The number of rotatable bonds is 1. The first-order chi connectivity index (χ1) is 7.20. The van der Waals surface area contributed by atoms with Crippen molar-refractivity contribution in [3.63, 3.8) is 0 Å². The van der Waals surface area contributed by atoms with Gasteiger partial charge in [-0.25, -0.2) is 4.79 Å². The van der Waals surface area contributed by atoms with Crippen LogP contribution < -0.4 is 5.32 Å².